The number of carbonyl (C=O) groups excluding carboxylic acids is 1. The van der Waals surface area contributed by atoms with Crippen LogP contribution in [0, 0.1) is 0 Å². The first-order valence-electron chi connectivity index (χ1n) is 7.00. The molecule has 8 heteroatoms. The van der Waals surface area contributed by atoms with Crippen molar-refractivity contribution in [1.29, 1.82) is 0 Å². The van der Waals surface area contributed by atoms with Crippen LogP contribution < -0.4 is 4.74 Å². The molecule has 0 fully saturated rings. The number of ketones is 1. The lowest BCUT2D eigenvalue weighted by molar-refractivity contribution is -0.117. The first-order valence-corrected chi connectivity index (χ1v) is 7.37. The number of hydrogen-bond acceptors (Lipinski definition) is 4. The van der Waals surface area contributed by atoms with Gasteiger partial charge >= 0.3 is 6.61 Å². The standard InChI is InChI=1S/C16H12ClF2N3O2/c1-9(23)8-22-14-4-11(6-20-13(14)7-21-22)10-2-3-12(17)15(5-10)24-16(18)19/h2-7,16H,8H2,1H3. The molecule has 2 heterocycles. The van der Waals surface area contributed by atoms with Crippen LogP contribution in [0.3, 0.4) is 0 Å². The molecule has 0 saturated carbocycles. The molecule has 2 aromatic heterocycles. The van der Waals surface area contributed by atoms with Crippen molar-refractivity contribution in [3.8, 4) is 16.9 Å². The van der Waals surface area contributed by atoms with Gasteiger partial charge in [0.15, 0.2) is 5.78 Å². The van der Waals surface area contributed by atoms with Crippen molar-refractivity contribution >= 4 is 28.4 Å². The molecule has 0 unspecified atom stereocenters. The van der Waals surface area contributed by atoms with Gasteiger partial charge in [-0.3, -0.25) is 14.5 Å². The molecular weight excluding hydrogens is 340 g/mol. The van der Waals surface area contributed by atoms with E-state index in [0.717, 1.165) is 0 Å². The average molecular weight is 352 g/mol. The SMILES string of the molecule is CC(=O)Cn1ncc2ncc(-c3ccc(Cl)c(OC(F)F)c3)cc21. The molecule has 5 nitrogen and oxygen atoms in total. The number of alkyl halides is 2. The summed E-state index contributed by atoms with van der Waals surface area (Å²) in [6, 6.07) is 6.36. The Hall–Kier alpha value is -2.54. The molecule has 3 rings (SSSR count). The Kier molecular flexibility index (Phi) is 4.44. The summed E-state index contributed by atoms with van der Waals surface area (Å²) in [6.07, 6.45) is 3.16. The minimum absolute atomic E-state index is 0.0375. The fourth-order valence-corrected chi connectivity index (χ4v) is 2.48. The van der Waals surface area contributed by atoms with Gasteiger partial charge in [-0.15, -0.1) is 0 Å². The van der Waals surface area contributed by atoms with Crippen LogP contribution in [-0.2, 0) is 11.3 Å². The summed E-state index contributed by atoms with van der Waals surface area (Å²) in [5.74, 6) is -0.147. The van der Waals surface area contributed by atoms with E-state index in [1.165, 1.54) is 19.1 Å². The number of hydrogen-bond donors (Lipinski definition) is 0. The average Bonchev–Trinajstić information content (AvgIpc) is 2.91. The first-order chi connectivity index (χ1) is 11.4. The lowest BCUT2D eigenvalue weighted by atomic mass is 10.1. The molecule has 0 aliphatic carbocycles. The van der Waals surface area contributed by atoms with E-state index in [1.807, 2.05) is 0 Å². The lowest BCUT2D eigenvalue weighted by Gasteiger charge is -2.09. The highest BCUT2D eigenvalue weighted by molar-refractivity contribution is 6.32. The van der Waals surface area contributed by atoms with Gasteiger partial charge in [-0.25, -0.2) is 0 Å². The topological polar surface area (TPSA) is 57.0 Å². The van der Waals surface area contributed by atoms with Gasteiger partial charge in [0.05, 0.1) is 23.3 Å². The number of nitrogens with zero attached hydrogens (tertiary/aromatic N) is 3. The van der Waals surface area contributed by atoms with Gasteiger partial charge in [0.25, 0.3) is 0 Å². The van der Waals surface area contributed by atoms with Crippen molar-refractivity contribution in [2.24, 2.45) is 0 Å². The molecule has 1 aromatic carbocycles. The Balaban J connectivity index is 2.04. The lowest BCUT2D eigenvalue weighted by Crippen LogP contribution is -2.07. The highest BCUT2D eigenvalue weighted by atomic mass is 35.5. The second-order valence-corrected chi connectivity index (χ2v) is 5.56. The molecule has 124 valence electrons. The Morgan fingerprint density at radius 3 is 2.79 bits per heavy atom. The van der Waals surface area contributed by atoms with E-state index in [9.17, 15) is 13.6 Å². The summed E-state index contributed by atoms with van der Waals surface area (Å²) in [5, 5.41) is 4.22. The van der Waals surface area contributed by atoms with Gasteiger partial charge in [-0.05, 0) is 30.7 Å². The van der Waals surface area contributed by atoms with Crippen molar-refractivity contribution in [2.75, 3.05) is 0 Å². The maximum atomic E-state index is 12.4. The van der Waals surface area contributed by atoms with Crippen LogP contribution in [0.5, 0.6) is 5.75 Å². The largest absolute Gasteiger partial charge is 0.433 e. The number of benzene rings is 1. The van der Waals surface area contributed by atoms with Crippen molar-refractivity contribution in [3.63, 3.8) is 0 Å². The van der Waals surface area contributed by atoms with Crippen LogP contribution in [0.2, 0.25) is 5.02 Å². The van der Waals surface area contributed by atoms with Crippen molar-refractivity contribution in [3.05, 3.63) is 41.7 Å². The Bertz CT molecular complexity index is 911. The summed E-state index contributed by atoms with van der Waals surface area (Å²) in [7, 11) is 0. The first kappa shape index (κ1) is 16.3. The van der Waals surface area contributed by atoms with E-state index in [1.54, 1.807) is 29.2 Å². The number of carbonyl (C=O) groups is 1. The Morgan fingerprint density at radius 1 is 1.29 bits per heavy atom. The third-order valence-electron chi connectivity index (χ3n) is 3.35. The van der Waals surface area contributed by atoms with E-state index in [2.05, 4.69) is 14.8 Å². The molecule has 0 bridgehead atoms. The zero-order chi connectivity index (χ0) is 17.3. The van der Waals surface area contributed by atoms with Gasteiger partial charge in [0, 0.05) is 11.8 Å². The van der Waals surface area contributed by atoms with Gasteiger partial charge < -0.3 is 4.74 Å². The quantitative estimate of drug-likeness (QED) is 0.698. The predicted octanol–water partition coefficient (Wildman–Crippen LogP) is 3.94. The molecule has 0 saturated heterocycles. The smallest absolute Gasteiger partial charge is 0.387 e. The maximum Gasteiger partial charge on any atom is 0.387 e. The number of rotatable bonds is 5. The number of ether oxygens (including phenoxy) is 1. The van der Waals surface area contributed by atoms with Crippen LogP contribution in [0.15, 0.2) is 36.7 Å². The molecule has 0 N–H and O–H groups in total. The summed E-state index contributed by atoms with van der Waals surface area (Å²) in [6.45, 7) is -1.36. The normalized spacial score (nSPS) is 11.2. The van der Waals surface area contributed by atoms with Gasteiger partial charge in [0.2, 0.25) is 0 Å². The predicted molar refractivity (Wildman–Crippen MR) is 85.3 cm³/mol. The number of Topliss-reactive ketones (excluding diaryl/α,β-unsaturated/α-hetero) is 1. The molecule has 0 aliphatic rings. The minimum Gasteiger partial charge on any atom is -0.433 e. The van der Waals surface area contributed by atoms with E-state index >= 15 is 0 Å². The Labute approximate surface area is 140 Å². The number of halogens is 3. The zero-order valence-electron chi connectivity index (χ0n) is 12.5. The minimum atomic E-state index is -2.96. The van der Waals surface area contributed by atoms with Crippen molar-refractivity contribution in [2.45, 2.75) is 20.1 Å². The summed E-state index contributed by atoms with van der Waals surface area (Å²) in [4.78, 5) is 15.6. The third-order valence-corrected chi connectivity index (χ3v) is 3.66. The van der Waals surface area contributed by atoms with Crippen LogP contribution in [0.25, 0.3) is 22.2 Å². The Morgan fingerprint density at radius 2 is 2.08 bits per heavy atom. The zero-order valence-corrected chi connectivity index (χ0v) is 13.3. The molecule has 3 aromatic rings. The molecule has 0 aliphatic heterocycles. The van der Waals surface area contributed by atoms with Gasteiger partial charge in [0.1, 0.15) is 11.3 Å². The van der Waals surface area contributed by atoms with Crippen LogP contribution in [0.4, 0.5) is 8.78 Å². The maximum absolute atomic E-state index is 12.4. The van der Waals surface area contributed by atoms with Crippen LogP contribution in [-0.4, -0.2) is 27.2 Å². The second-order valence-electron chi connectivity index (χ2n) is 5.16. The van der Waals surface area contributed by atoms with Crippen molar-refractivity contribution < 1.29 is 18.3 Å². The molecule has 0 amide bonds. The van der Waals surface area contributed by atoms with E-state index < -0.39 is 6.61 Å². The van der Waals surface area contributed by atoms with E-state index in [-0.39, 0.29) is 23.1 Å². The molecular formula is C16H12ClF2N3O2. The second kappa shape index (κ2) is 6.52. The number of aromatic nitrogens is 3. The number of fused-ring (bicyclic) bond motifs is 1. The molecule has 0 atom stereocenters. The van der Waals surface area contributed by atoms with Crippen LogP contribution in [0.1, 0.15) is 6.92 Å². The van der Waals surface area contributed by atoms with E-state index in [0.29, 0.717) is 22.2 Å². The third kappa shape index (κ3) is 3.35. The van der Waals surface area contributed by atoms with E-state index in [4.69, 9.17) is 11.6 Å². The summed E-state index contributed by atoms with van der Waals surface area (Å²) in [5.41, 5.74) is 2.59. The van der Waals surface area contributed by atoms with Gasteiger partial charge in [-0.1, -0.05) is 17.7 Å². The van der Waals surface area contributed by atoms with Crippen LogP contribution >= 0.6 is 11.6 Å². The summed E-state index contributed by atoms with van der Waals surface area (Å²) < 4.78 is 30.8. The fraction of sp³-hybridized carbons (Fsp3) is 0.188. The van der Waals surface area contributed by atoms with Gasteiger partial charge in [-0.2, -0.15) is 13.9 Å². The summed E-state index contributed by atoms with van der Waals surface area (Å²) >= 11 is 5.86. The van der Waals surface area contributed by atoms with Crippen molar-refractivity contribution in [1.82, 2.24) is 14.8 Å². The highest BCUT2D eigenvalue weighted by Gasteiger charge is 2.12. The fourth-order valence-electron chi connectivity index (χ4n) is 2.32. The molecule has 24 heavy (non-hydrogen) atoms. The number of pyridine rings is 1. The highest BCUT2D eigenvalue weighted by Crippen LogP contribution is 2.32. The molecule has 0 radical (unpaired) electrons. The molecule has 0 spiro atoms. The monoisotopic (exact) mass is 351 g/mol.